The lowest BCUT2D eigenvalue weighted by atomic mass is 9.83. The molecule has 4 rings (SSSR count). The maximum atomic E-state index is 12.8. The molecule has 0 radical (unpaired) electrons. The van der Waals surface area contributed by atoms with Gasteiger partial charge in [-0.05, 0) is 89.7 Å². The number of hydrogen-bond acceptors (Lipinski definition) is 2. The summed E-state index contributed by atoms with van der Waals surface area (Å²) in [7, 11) is 1.92. The minimum Gasteiger partial charge on any atom is -0.384 e. The van der Waals surface area contributed by atoms with E-state index in [0.29, 0.717) is 12.6 Å². The Morgan fingerprint density at radius 1 is 1.09 bits per heavy atom. The highest BCUT2D eigenvalue weighted by atomic mass is 16.2. The maximum Gasteiger partial charge on any atom is 0.254 e. The van der Waals surface area contributed by atoms with Crippen LogP contribution in [0.5, 0.6) is 0 Å². The van der Waals surface area contributed by atoms with Crippen LogP contribution in [0.2, 0.25) is 0 Å². The van der Waals surface area contributed by atoms with Gasteiger partial charge < -0.3 is 10.2 Å². The van der Waals surface area contributed by atoms with Crippen molar-refractivity contribution in [1.82, 2.24) is 10.2 Å². The first-order valence-electron chi connectivity index (χ1n) is 13.9. The average molecular weight is 475 g/mol. The van der Waals surface area contributed by atoms with Crippen molar-refractivity contribution in [2.75, 3.05) is 7.05 Å². The van der Waals surface area contributed by atoms with Crippen molar-refractivity contribution in [3.05, 3.63) is 70.4 Å². The average Bonchev–Trinajstić information content (AvgIpc) is 3.50. The van der Waals surface area contributed by atoms with E-state index in [2.05, 4.69) is 75.6 Å². The fourth-order valence-corrected chi connectivity index (χ4v) is 5.88. The minimum absolute atomic E-state index is 0.149. The second-order valence-corrected chi connectivity index (χ2v) is 10.2. The van der Waals surface area contributed by atoms with Crippen molar-refractivity contribution >= 4 is 5.91 Å². The van der Waals surface area contributed by atoms with Gasteiger partial charge in [0.25, 0.3) is 5.91 Å². The maximum absolute atomic E-state index is 12.8. The second-order valence-electron chi connectivity index (χ2n) is 10.2. The Hall–Kier alpha value is -2.55. The van der Waals surface area contributed by atoms with Crippen molar-refractivity contribution in [3.63, 3.8) is 0 Å². The molecule has 1 amide bonds. The van der Waals surface area contributed by atoms with Crippen molar-refractivity contribution in [3.8, 4) is 11.1 Å². The molecule has 0 saturated carbocycles. The lowest BCUT2D eigenvalue weighted by Crippen LogP contribution is -2.17. The van der Waals surface area contributed by atoms with E-state index in [0.717, 1.165) is 30.2 Å². The van der Waals surface area contributed by atoms with E-state index in [9.17, 15) is 4.79 Å². The Bertz CT molecular complexity index is 1030. The highest BCUT2D eigenvalue weighted by Crippen LogP contribution is 2.39. The quantitative estimate of drug-likeness (QED) is 0.397. The standard InChI is InChI=1S/C30H40N2O.C2H6/c1-6-22(7-2)20(3)10-8-11-23-15-16-25-27(19-32(5)30(25)33)29(23)26-18-24(14-13-21(26)4)28-12-9-17-31-28;1-2/h9,13-18,20,22,28,31H,6-8,10-12,19H2,1-5H3;1-2H3. The van der Waals surface area contributed by atoms with Crippen molar-refractivity contribution in [2.24, 2.45) is 11.8 Å². The number of nitrogens with one attached hydrogen (secondary N) is 1. The number of amides is 1. The van der Waals surface area contributed by atoms with E-state index in [1.807, 2.05) is 25.8 Å². The van der Waals surface area contributed by atoms with E-state index in [1.165, 1.54) is 59.1 Å². The van der Waals surface area contributed by atoms with Gasteiger partial charge in [-0.25, -0.2) is 0 Å². The van der Waals surface area contributed by atoms with Crippen LogP contribution in [0.4, 0.5) is 0 Å². The van der Waals surface area contributed by atoms with Gasteiger partial charge in [-0.2, -0.15) is 0 Å². The summed E-state index contributed by atoms with van der Waals surface area (Å²) in [6, 6.07) is 11.5. The highest BCUT2D eigenvalue weighted by molar-refractivity contribution is 6.01. The number of carbonyl (C=O) groups is 1. The number of aryl methyl sites for hydroxylation is 2. The van der Waals surface area contributed by atoms with Gasteiger partial charge in [0.2, 0.25) is 0 Å². The van der Waals surface area contributed by atoms with Gasteiger partial charge in [0, 0.05) is 19.2 Å². The molecule has 3 heteroatoms. The molecule has 0 spiro atoms. The molecule has 190 valence electrons. The van der Waals surface area contributed by atoms with Crippen LogP contribution in [0.3, 0.4) is 0 Å². The van der Waals surface area contributed by atoms with E-state index >= 15 is 0 Å². The summed E-state index contributed by atoms with van der Waals surface area (Å²) in [6.07, 6.45) is 11.3. The van der Waals surface area contributed by atoms with Crippen LogP contribution in [-0.2, 0) is 13.0 Å². The minimum atomic E-state index is 0.149. The predicted octanol–water partition coefficient (Wildman–Crippen LogP) is 8.22. The fourth-order valence-electron chi connectivity index (χ4n) is 5.88. The molecular formula is C32H46N2O. The van der Waals surface area contributed by atoms with E-state index in [4.69, 9.17) is 0 Å². The molecule has 35 heavy (non-hydrogen) atoms. The van der Waals surface area contributed by atoms with Crippen LogP contribution in [0.15, 0.2) is 42.6 Å². The van der Waals surface area contributed by atoms with E-state index in [1.54, 1.807) is 0 Å². The normalized spacial score (nSPS) is 17.3. The molecule has 1 N–H and O–H groups in total. The largest absolute Gasteiger partial charge is 0.384 e. The summed E-state index contributed by atoms with van der Waals surface area (Å²) < 4.78 is 0. The lowest BCUT2D eigenvalue weighted by Gasteiger charge is -2.22. The SMILES string of the molecule is CC.CCC(CC)C(C)CCCc1ccc2c(c1-c1cc(C3CC=CN3)ccc1C)CN(C)C2=O. The molecule has 2 aliphatic rings. The van der Waals surface area contributed by atoms with Crippen LogP contribution in [0.1, 0.15) is 105 Å². The first-order valence-corrected chi connectivity index (χ1v) is 13.9. The van der Waals surface area contributed by atoms with Gasteiger partial charge in [-0.1, -0.05) is 78.2 Å². The molecule has 0 aromatic heterocycles. The third-order valence-corrected chi connectivity index (χ3v) is 8.05. The first-order chi connectivity index (χ1) is 16.9. The molecule has 2 heterocycles. The zero-order valence-electron chi connectivity index (χ0n) is 23.1. The Kier molecular flexibility index (Phi) is 9.60. The predicted molar refractivity (Wildman–Crippen MR) is 150 cm³/mol. The van der Waals surface area contributed by atoms with E-state index in [-0.39, 0.29) is 5.91 Å². The van der Waals surface area contributed by atoms with Gasteiger partial charge in [-0.3, -0.25) is 4.79 Å². The summed E-state index contributed by atoms with van der Waals surface area (Å²) in [5.41, 5.74) is 8.70. The van der Waals surface area contributed by atoms with Gasteiger partial charge in [-0.15, -0.1) is 0 Å². The van der Waals surface area contributed by atoms with Gasteiger partial charge >= 0.3 is 0 Å². The number of nitrogens with zero attached hydrogens (tertiary/aromatic N) is 1. The second kappa shape index (κ2) is 12.4. The first kappa shape index (κ1) is 27.0. The molecule has 2 aliphatic heterocycles. The molecule has 2 unspecified atom stereocenters. The molecule has 2 aromatic carbocycles. The third-order valence-electron chi connectivity index (χ3n) is 8.05. The van der Waals surface area contributed by atoms with Crippen molar-refractivity contribution in [2.45, 2.75) is 92.7 Å². The molecule has 0 fully saturated rings. The Morgan fingerprint density at radius 2 is 1.83 bits per heavy atom. The summed E-state index contributed by atoms with van der Waals surface area (Å²) in [6.45, 7) is 14.0. The number of hydrogen-bond donors (Lipinski definition) is 1. The van der Waals surface area contributed by atoms with Crippen LogP contribution >= 0.6 is 0 Å². The number of benzene rings is 2. The van der Waals surface area contributed by atoms with Crippen molar-refractivity contribution in [1.29, 1.82) is 0 Å². The molecule has 0 aliphatic carbocycles. The van der Waals surface area contributed by atoms with Crippen LogP contribution in [0, 0.1) is 18.8 Å². The molecular weight excluding hydrogens is 428 g/mol. The summed E-state index contributed by atoms with van der Waals surface area (Å²) >= 11 is 0. The monoisotopic (exact) mass is 474 g/mol. The lowest BCUT2D eigenvalue weighted by molar-refractivity contribution is 0.0816. The van der Waals surface area contributed by atoms with Crippen LogP contribution in [-0.4, -0.2) is 17.9 Å². The molecule has 2 atom stereocenters. The Labute approximate surface area is 214 Å². The molecule has 2 aromatic rings. The highest BCUT2D eigenvalue weighted by Gasteiger charge is 2.29. The molecule has 0 bridgehead atoms. The number of fused-ring (bicyclic) bond motifs is 1. The Morgan fingerprint density at radius 3 is 2.49 bits per heavy atom. The zero-order valence-corrected chi connectivity index (χ0v) is 23.1. The van der Waals surface area contributed by atoms with Gasteiger partial charge in [0.1, 0.15) is 0 Å². The summed E-state index contributed by atoms with van der Waals surface area (Å²) in [5, 5.41) is 3.48. The fraction of sp³-hybridized carbons (Fsp3) is 0.531. The topological polar surface area (TPSA) is 32.3 Å². The van der Waals surface area contributed by atoms with Gasteiger partial charge in [0.15, 0.2) is 0 Å². The smallest absolute Gasteiger partial charge is 0.254 e. The summed E-state index contributed by atoms with van der Waals surface area (Å²) in [4.78, 5) is 14.7. The molecule has 3 nitrogen and oxygen atoms in total. The zero-order chi connectivity index (χ0) is 25.5. The number of rotatable bonds is 9. The van der Waals surface area contributed by atoms with Crippen molar-refractivity contribution < 1.29 is 4.79 Å². The van der Waals surface area contributed by atoms with Gasteiger partial charge in [0.05, 0.1) is 6.04 Å². The third kappa shape index (κ3) is 5.82. The van der Waals surface area contributed by atoms with E-state index < -0.39 is 0 Å². The number of carbonyl (C=O) groups excluding carboxylic acids is 1. The van der Waals surface area contributed by atoms with Crippen LogP contribution < -0.4 is 5.32 Å². The Balaban J connectivity index is 0.00000167. The summed E-state index contributed by atoms with van der Waals surface area (Å²) in [5.74, 6) is 1.73. The van der Waals surface area contributed by atoms with Crippen LogP contribution in [0.25, 0.3) is 11.1 Å². The molecule has 0 saturated heterocycles.